The summed E-state index contributed by atoms with van der Waals surface area (Å²) in [5.74, 6) is 1.38. The average molecular weight is 270 g/mol. The van der Waals surface area contributed by atoms with E-state index in [4.69, 9.17) is 10.3 Å². The van der Waals surface area contributed by atoms with Gasteiger partial charge in [0, 0.05) is 17.2 Å². The maximum atomic E-state index is 6.13. The molecule has 20 heavy (non-hydrogen) atoms. The molecule has 1 aromatic heterocycles. The average Bonchev–Trinajstić information content (AvgIpc) is 2.84. The molecule has 0 aliphatic heterocycles. The summed E-state index contributed by atoms with van der Waals surface area (Å²) in [5.41, 5.74) is 13.3. The van der Waals surface area contributed by atoms with Crippen LogP contribution in [0.1, 0.15) is 59.4 Å². The zero-order valence-electron chi connectivity index (χ0n) is 12.5. The highest BCUT2D eigenvalue weighted by Crippen LogP contribution is 2.41. The molecule has 1 aliphatic carbocycles. The summed E-state index contributed by atoms with van der Waals surface area (Å²) in [6.45, 7) is 6.36. The Morgan fingerprint density at radius 1 is 1.35 bits per heavy atom. The van der Waals surface area contributed by atoms with Crippen molar-refractivity contribution in [3.05, 3.63) is 45.8 Å². The lowest BCUT2D eigenvalue weighted by molar-refractivity contribution is 0.353. The first-order chi connectivity index (χ1) is 9.63. The number of nitrogen functional groups attached to an aromatic ring is 1. The number of nitrogens with two attached hydrogens (primary N) is 1. The van der Waals surface area contributed by atoms with Crippen LogP contribution >= 0.6 is 0 Å². The number of aromatic nitrogens is 1. The van der Waals surface area contributed by atoms with E-state index in [-0.39, 0.29) is 0 Å². The Bertz CT molecular complexity index is 643. The van der Waals surface area contributed by atoms with E-state index in [0.29, 0.717) is 5.92 Å². The number of rotatable bonds is 2. The predicted molar refractivity (Wildman–Crippen MR) is 81.0 cm³/mol. The highest BCUT2D eigenvalue weighted by molar-refractivity contribution is 5.56. The summed E-state index contributed by atoms with van der Waals surface area (Å²) in [4.78, 5) is 0. The van der Waals surface area contributed by atoms with Crippen LogP contribution in [0.3, 0.4) is 0 Å². The van der Waals surface area contributed by atoms with Gasteiger partial charge >= 0.3 is 0 Å². The molecule has 0 saturated carbocycles. The van der Waals surface area contributed by atoms with Crippen LogP contribution in [0.2, 0.25) is 0 Å². The minimum atomic E-state index is 0.318. The van der Waals surface area contributed by atoms with E-state index < -0.39 is 0 Å². The maximum Gasteiger partial charge on any atom is 0.147 e. The van der Waals surface area contributed by atoms with Crippen molar-refractivity contribution < 1.29 is 4.52 Å². The fourth-order valence-electron chi connectivity index (χ4n) is 3.47. The van der Waals surface area contributed by atoms with Crippen molar-refractivity contribution >= 4 is 5.69 Å². The normalized spacial score (nSPS) is 18.1. The van der Waals surface area contributed by atoms with Crippen molar-refractivity contribution in [3.8, 4) is 0 Å². The number of aryl methyl sites for hydroxylation is 2. The molecule has 1 aromatic carbocycles. The summed E-state index contributed by atoms with van der Waals surface area (Å²) < 4.78 is 5.66. The Kier molecular flexibility index (Phi) is 3.28. The van der Waals surface area contributed by atoms with Crippen LogP contribution in [0.15, 0.2) is 16.7 Å². The number of benzene rings is 1. The third kappa shape index (κ3) is 1.92. The van der Waals surface area contributed by atoms with E-state index in [9.17, 15) is 0 Å². The Balaban J connectivity index is 2.17. The molecule has 0 bridgehead atoms. The van der Waals surface area contributed by atoms with E-state index in [1.807, 2.05) is 13.0 Å². The van der Waals surface area contributed by atoms with E-state index >= 15 is 0 Å². The molecule has 1 heterocycles. The molecule has 2 aromatic rings. The molecular formula is C17H22N2O. The minimum Gasteiger partial charge on any atom is -0.399 e. The highest BCUT2D eigenvalue weighted by Gasteiger charge is 2.30. The first-order valence-corrected chi connectivity index (χ1v) is 7.46. The van der Waals surface area contributed by atoms with E-state index in [1.54, 1.807) is 0 Å². The van der Waals surface area contributed by atoms with Crippen molar-refractivity contribution in [1.82, 2.24) is 5.16 Å². The molecule has 1 aliphatic rings. The molecule has 2 N–H and O–H groups in total. The van der Waals surface area contributed by atoms with E-state index in [2.05, 4.69) is 25.1 Å². The van der Waals surface area contributed by atoms with Crippen LogP contribution in [0, 0.1) is 13.8 Å². The molecule has 3 rings (SSSR count). The van der Waals surface area contributed by atoms with Gasteiger partial charge in [0.1, 0.15) is 5.76 Å². The molecule has 3 heteroatoms. The molecule has 0 fully saturated rings. The molecular weight excluding hydrogens is 248 g/mol. The van der Waals surface area contributed by atoms with Crippen molar-refractivity contribution in [2.24, 2.45) is 0 Å². The standard InChI is InChI=1S/C17H22N2O/c1-4-12-8-9-15(18)10(2)16(12)14-7-5-6-13-11(3)19-20-17(13)14/h8-9,14H,4-7,18H2,1-3H3. The van der Waals surface area contributed by atoms with Crippen LogP contribution in [0.4, 0.5) is 5.69 Å². The lowest BCUT2D eigenvalue weighted by Crippen LogP contribution is -2.14. The molecule has 0 spiro atoms. The quantitative estimate of drug-likeness (QED) is 0.842. The van der Waals surface area contributed by atoms with Crippen LogP contribution in [0.5, 0.6) is 0 Å². The summed E-state index contributed by atoms with van der Waals surface area (Å²) in [5, 5.41) is 4.18. The zero-order chi connectivity index (χ0) is 14.3. The summed E-state index contributed by atoms with van der Waals surface area (Å²) in [6.07, 6.45) is 4.43. The van der Waals surface area contributed by atoms with Crippen LogP contribution in [0.25, 0.3) is 0 Å². The lowest BCUT2D eigenvalue weighted by atomic mass is 9.78. The number of fused-ring (bicyclic) bond motifs is 1. The Hall–Kier alpha value is -1.77. The topological polar surface area (TPSA) is 52.0 Å². The number of anilines is 1. The fraction of sp³-hybridized carbons (Fsp3) is 0.471. The molecule has 0 amide bonds. The van der Waals surface area contributed by atoms with Crippen LogP contribution in [-0.4, -0.2) is 5.16 Å². The van der Waals surface area contributed by atoms with Crippen molar-refractivity contribution in [1.29, 1.82) is 0 Å². The van der Waals surface area contributed by atoms with Gasteiger partial charge in [-0.2, -0.15) is 0 Å². The van der Waals surface area contributed by atoms with Gasteiger partial charge < -0.3 is 10.3 Å². The van der Waals surface area contributed by atoms with Gasteiger partial charge in [0.2, 0.25) is 0 Å². The third-order valence-electron chi connectivity index (χ3n) is 4.63. The molecule has 1 unspecified atom stereocenters. The minimum absolute atomic E-state index is 0.318. The Morgan fingerprint density at radius 3 is 2.90 bits per heavy atom. The van der Waals surface area contributed by atoms with Crippen LogP contribution in [-0.2, 0) is 12.8 Å². The van der Waals surface area contributed by atoms with Crippen LogP contribution < -0.4 is 5.73 Å². The van der Waals surface area contributed by atoms with Gasteiger partial charge in [-0.15, -0.1) is 0 Å². The van der Waals surface area contributed by atoms with E-state index in [0.717, 1.165) is 36.4 Å². The zero-order valence-corrected chi connectivity index (χ0v) is 12.5. The molecule has 3 nitrogen and oxygen atoms in total. The second-order valence-electron chi connectivity index (χ2n) is 5.76. The Morgan fingerprint density at radius 2 is 2.15 bits per heavy atom. The van der Waals surface area contributed by atoms with Gasteiger partial charge in [0.15, 0.2) is 0 Å². The predicted octanol–water partition coefficient (Wildman–Crippen LogP) is 3.90. The van der Waals surface area contributed by atoms with Gasteiger partial charge in [0.05, 0.1) is 5.69 Å². The molecule has 106 valence electrons. The largest absolute Gasteiger partial charge is 0.399 e. The third-order valence-corrected chi connectivity index (χ3v) is 4.63. The number of nitrogens with zero attached hydrogens (tertiary/aromatic N) is 1. The fourth-order valence-corrected chi connectivity index (χ4v) is 3.47. The summed E-state index contributed by atoms with van der Waals surface area (Å²) >= 11 is 0. The van der Waals surface area contributed by atoms with Crippen molar-refractivity contribution in [3.63, 3.8) is 0 Å². The van der Waals surface area contributed by atoms with Gasteiger partial charge in [-0.25, -0.2) is 0 Å². The van der Waals surface area contributed by atoms with Gasteiger partial charge in [-0.05, 0) is 62.3 Å². The number of hydrogen-bond donors (Lipinski definition) is 1. The first-order valence-electron chi connectivity index (χ1n) is 7.46. The maximum absolute atomic E-state index is 6.13. The first kappa shape index (κ1) is 13.2. The Labute approximate surface area is 120 Å². The van der Waals surface area contributed by atoms with Gasteiger partial charge in [-0.1, -0.05) is 18.1 Å². The summed E-state index contributed by atoms with van der Waals surface area (Å²) in [7, 11) is 0. The smallest absolute Gasteiger partial charge is 0.147 e. The SMILES string of the molecule is CCc1ccc(N)c(C)c1C1CCCc2c(C)noc21. The monoisotopic (exact) mass is 270 g/mol. The van der Waals surface area contributed by atoms with Gasteiger partial charge in [-0.3, -0.25) is 0 Å². The molecule has 0 radical (unpaired) electrons. The van der Waals surface area contributed by atoms with E-state index in [1.165, 1.54) is 28.7 Å². The number of hydrogen-bond acceptors (Lipinski definition) is 3. The lowest BCUT2D eigenvalue weighted by Gasteiger charge is -2.25. The molecule has 1 atom stereocenters. The van der Waals surface area contributed by atoms with Crippen molar-refractivity contribution in [2.75, 3.05) is 5.73 Å². The van der Waals surface area contributed by atoms with Gasteiger partial charge in [0.25, 0.3) is 0 Å². The second-order valence-corrected chi connectivity index (χ2v) is 5.76. The highest BCUT2D eigenvalue weighted by atomic mass is 16.5. The summed E-state index contributed by atoms with van der Waals surface area (Å²) in [6, 6.07) is 4.18. The molecule has 0 saturated heterocycles. The second kappa shape index (κ2) is 4.97. The van der Waals surface area contributed by atoms with Crippen molar-refractivity contribution in [2.45, 2.75) is 52.4 Å².